The Morgan fingerprint density at radius 3 is 2.65 bits per heavy atom. The van der Waals surface area contributed by atoms with Gasteiger partial charge in [-0.2, -0.15) is 0 Å². The van der Waals surface area contributed by atoms with Crippen LogP contribution in [0.25, 0.3) is 0 Å². The number of nitrogens with one attached hydrogen (secondary N) is 1. The molecule has 0 aliphatic carbocycles. The van der Waals surface area contributed by atoms with E-state index in [1.165, 1.54) is 17.5 Å². The average Bonchev–Trinajstić information content (AvgIpc) is 2.59. The third-order valence-corrected chi connectivity index (χ3v) is 4.80. The highest BCUT2D eigenvalue weighted by molar-refractivity contribution is 7.93. The largest absolute Gasteiger partial charge is 0.278 e. The molecule has 6 heteroatoms. The van der Waals surface area contributed by atoms with E-state index in [0.717, 1.165) is 9.75 Å². The van der Waals surface area contributed by atoms with Crippen LogP contribution in [0.3, 0.4) is 0 Å². The number of aryl methyl sites for hydroxylation is 2. The summed E-state index contributed by atoms with van der Waals surface area (Å²) >= 11 is 1.47. The Morgan fingerprint density at radius 2 is 2.12 bits per heavy atom. The Kier molecular flexibility index (Phi) is 3.17. The number of aromatic nitrogens is 1. The van der Waals surface area contributed by atoms with E-state index in [9.17, 15) is 8.42 Å². The molecular weight excluding hydrogens is 256 g/mol. The molecule has 0 saturated carbocycles. The molecule has 0 aliphatic rings. The monoisotopic (exact) mass is 268 g/mol. The van der Waals surface area contributed by atoms with Crippen LogP contribution in [0.5, 0.6) is 0 Å². The minimum absolute atomic E-state index is 0.337. The topological polar surface area (TPSA) is 59.1 Å². The van der Waals surface area contributed by atoms with Crippen molar-refractivity contribution in [1.82, 2.24) is 4.98 Å². The highest BCUT2D eigenvalue weighted by atomic mass is 32.2. The smallest absolute Gasteiger partial charge is 0.263 e. The fraction of sp³-hybridized carbons (Fsp3) is 0.182. The van der Waals surface area contributed by atoms with Crippen molar-refractivity contribution in [3.63, 3.8) is 0 Å². The first kappa shape index (κ1) is 12.1. The lowest BCUT2D eigenvalue weighted by atomic mass is 10.4. The lowest BCUT2D eigenvalue weighted by molar-refractivity contribution is 0.601. The van der Waals surface area contributed by atoms with Crippen LogP contribution in [0, 0.1) is 13.8 Å². The molecule has 0 radical (unpaired) electrons. The van der Waals surface area contributed by atoms with Crippen molar-refractivity contribution < 1.29 is 8.42 Å². The molecule has 0 saturated heterocycles. The maximum atomic E-state index is 12.1. The third kappa shape index (κ3) is 2.65. The molecular formula is C11H12N2O2S2. The van der Waals surface area contributed by atoms with Crippen molar-refractivity contribution in [3.05, 3.63) is 40.3 Å². The van der Waals surface area contributed by atoms with E-state index in [0.29, 0.717) is 10.6 Å². The number of sulfonamides is 1. The van der Waals surface area contributed by atoms with Gasteiger partial charge in [-0.15, -0.1) is 11.3 Å². The zero-order valence-electron chi connectivity index (χ0n) is 9.47. The van der Waals surface area contributed by atoms with Crippen LogP contribution in [0.1, 0.15) is 9.75 Å². The molecule has 2 aromatic heterocycles. The summed E-state index contributed by atoms with van der Waals surface area (Å²) < 4.78 is 26.7. The first-order valence-electron chi connectivity index (χ1n) is 4.99. The molecule has 0 aliphatic heterocycles. The van der Waals surface area contributed by atoms with Gasteiger partial charge in [0.2, 0.25) is 0 Å². The van der Waals surface area contributed by atoms with Crippen LogP contribution in [-0.4, -0.2) is 13.4 Å². The fourth-order valence-electron chi connectivity index (χ4n) is 1.51. The van der Waals surface area contributed by atoms with E-state index in [4.69, 9.17) is 0 Å². The summed E-state index contributed by atoms with van der Waals surface area (Å²) in [5.74, 6) is 0. The van der Waals surface area contributed by atoms with Gasteiger partial charge in [0.15, 0.2) is 0 Å². The minimum Gasteiger partial charge on any atom is -0.278 e. The number of rotatable bonds is 3. The van der Waals surface area contributed by atoms with Crippen molar-refractivity contribution in [2.75, 3.05) is 4.72 Å². The van der Waals surface area contributed by atoms with Gasteiger partial charge < -0.3 is 0 Å². The summed E-state index contributed by atoms with van der Waals surface area (Å²) in [5.41, 5.74) is 0.468. The van der Waals surface area contributed by atoms with Crippen LogP contribution < -0.4 is 4.72 Å². The lowest BCUT2D eigenvalue weighted by Crippen LogP contribution is -2.13. The molecule has 2 rings (SSSR count). The second-order valence-electron chi connectivity index (χ2n) is 3.62. The zero-order valence-corrected chi connectivity index (χ0v) is 11.1. The maximum Gasteiger partial charge on any atom is 0.263 e. The highest BCUT2D eigenvalue weighted by Gasteiger charge is 2.18. The summed E-state index contributed by atoms with van der Waals surface area (Å²) in [4.78, 5) is 5.97. The average molecular weight is 268 g/mol. The standard InChI is InChI=1S/C11H12N2O2S2/c1-8-6-11(9(2)16-8)17(14,15)13-10-4-3-5-12-7-10/h3-7,13H,1-2H3. The van der Waals surface area contributed by atoms with E-state index in [1.807, 2.05) is 6.92 Å². The van der Waals surface area contributed by atoms with Crippen molar-refractivity contribution in [2.24, 2.45) is 0 Å². The molecule has 2 aromatic rings. The summed E-state index contributed by atoms with van der Waals surface area (Å²) in [5, 5.41) is 0. The van der Waals surface area contributed by atoms with E-state index in [2.05, 4.69) is 9.71 Å². The zero-order chi connectivity index (χ0) is 12.5. The van der Waals surface area contributed by atoms with Gasteiger partial charge in [0.05, 0.1) is 11.9 Å². The molecule has 0 bridgehead atoms. The molecule has 90 valence electrons. The second kappa shape index (κ2) is 4.46. The number of thiophene rings is 1. The second-order valence-corrected chi connectivity index (χ2v) is 6.74. The van der Waals surface area contributed by atoms with E-state index in [1.54, 1.807) is 31.3 Å². The van der Waals surface area contributed by atoms with Crippen LogP contribution in [0.2, 0.25) is 0 Å². The molecule has 1 N–H and O–H groups in total. The first-order chi connectivity index (χ1) is 7.99. The normalized spacial score (nSPS) is 11.4. The Morgan fingerprint density at radius 1 is 1.35 bits per heavy atom. The van der Waals surface area contributed by atoms with Crippen molar-refractivity contribution in [1.29, 1.82) is 0 Å². The number of hydrogen-bond acceptors (Lipinski definition) is 4. The SMILES string of the molecule is Cc1cc(S(=O)(=O)Nc2cccnc2)c(C)s1. The number of pyridine rings is 1. The molecule has 17 heavy (non-hydrogen) atoms. The predicted molar refractivity (Wildman–Crippen MR) is 68.8 cm³/mol. The fourth-order valence-corrected chi connectivity index (χ4v) is 4.11. The molecule has 0 fully saturated rings. The molecule has 0 spiro atoms. The van der Waals surface area contributed by atoms with Crippen LogP contribution >= 0.6 is 11.3 Å². The van der Waals surface area contributed by atoms with Crippen LogP contribution in [0.4, 0.5) is 5.69 Å². The Bertz CT molecular complexity index is 618. The van der Waals surface area contributed by atoms with Gasteiger partial charge in [-0.1, -0.05) is 0 Å². The predicted octanol–water partition coefficient (Wildman–Crippen LogP) is 2.56. The molecule has 4 nitrogen and oxygen atoms in total. The van der Waals surface area contributed by atoms with Crippen LogP contribution in [0.15, 0.2) is 35.5 Å². The first-order valence-corrected chi connectivity index (χ1v) is 7.29. The van der Waals surface area contributed by atoms with Crippen LogP contribution in [-0.2, 0) is 10.0 Å². The summed E-state index contributed by atoms with van der Waals surface area (Å²) in [6, 6.07) is 5.03. The molecule has 0 atom stereocenters. The quantitative estimate of drug-likeness (QED) is 0.930. The van der Waals surface area contributed by atoms with Crippen molar-refractivity contribution >= 4 is 27.0 Å². The maximum absolute atomic E-state index is 12.1. The van der Waals surface area contributed by atoms with Gasteiger partial charge in [-0.25, -0.2) is 8.42 Å². The minimum atomic E-state index is -3.50. The lowest BCUT2D eigenvalue weighted by Gasteiger charge is -2.06. The Hall–Kier alpha value is -1.40. The third-order valence-electron chi connectivity index (χ3n) is 2.20. The Labute approximate surface area is 104 Å². The molecule has 2 heterocycles. The number of anilines is 1. The van der Waals surface area contributed by atoms with Gasteiger partial charge in [0, 0.05) is 16.0 Å². The van der Waals surface area contributed by atoms with E-state index < -0.39 is 10.0 Å². The van der Waals surface area contributed by atoms with Crippen molar-refractivity contribution in [2.45, 2.75) is 18.7 Å². The van der Waals surface area contributed by atoms with E-state index >= 15 is 0 Å². The Balaban J connectivity index is 2.35. The summed E-state index contributed by atoms with van der Waals surface area (Å²) in [6.45, 7) is 3.69. The van der Waals surface area contributed by atoms with E-state index in [-0.39, 0.29) is 0 Å². The summed E-state index contributed by atoms with van der Waals surface area (Å²) in [6.07, 6.45) is 3.07. The summed E-state index contributed by atoms with van der Waals surface area (Å²) in [7, 11) is -3.50. The highest BCUT2D eigenvalue weighted by Crippen LogP contribution is 2.26. The molecule has 0 amide bonds. The van der Waals surface area contributed by atoms with Gasteiger partial charge in [-0.3, -0.25) is 9.71 Å². The molecule has 0 unspecified atom stereocenters. The van der Waals surface area contributed by atoms with Gasteiger partial charge >= 0.3 is 0 Å². The number of hydrogen-bond donors (Lipinski definition) is 1. The van der Waals surface area contributed by atoms with Gasteiger partial charge in [0.25, 0.3) is 10.0 Å². The van der Waals surface area contributed by atoms with Gasteiger partial charge in [0.1, 0.15) is 4.90 Å². The number of nitrogens with zero attached hydrogens (tertiary/aromatic N) is 1. The van der Waals surface area contributed by atoms with Crippen molar-refractivity contribution in [3.8, 4) is 0 Å². The van der Waals surface area contributed by atoms with Gasteiger partial charge in [-0.05, 0) is 32.0 Å². The molecule has 0 aromatic carbocycles.